The molecule has 28 heavy (non-hydrogen) atoms. The van der Waals surface area contributed by atoms with Crippen molar-refractivity contribution in [2.24, 2.45) is 7.05 Å². The number of aryl methyl sites for hydroxylation is 1. The lowest BCUT2D eigenvalue weighted by atomic mass is 10.0. The molecule has 8 heteroatoms. The number of carboxylic acids is 1. The van der Waals surface area contributed by atoms with Crippen molar-refractivity contribution in [1.29, 1.82) is 0 Å². The largest absolute Gasteiger partial charge is 0.480 e. The van der Waals surface area contributed by atoms with E-state index in [0.717, 1.165) is 10.1 Å². The molecule has 2 aromatic carbocycles. The van der Waals surface area contributed by atoms with Gasteiger partial charge in [0.25, 0.3) is 5.56 Å². The molecule has 0 aliphatic rings. The molecule has 3 aromatic rings. The number of para-hydroxylation sites is 1. The zero-order valence-electron chi connectivity index (χ0n) is 15.2. The normalized spacial score (nSPS) is 11.9. The lowest BCUT2D eigenvalue weighted by Gasteiger charge is -2.20. The first kappa shape index (κ1) is 19.1. The molecule has 1 heterocycles. The number of nitrogens with zero attached hydrogens (tertiary/aromatic N) is 2. The summed E-state index contributed by atoms with van der Waals surface area (Å²) in [6.45, 7) is -0.604. The highest BCUT2D eigenvalue weighted by molar-refractivity contribution is 5.85. The molecule has 2 N–H and O–H groups in total. The Morgan fingerprint density at radius 1 is 1.04 bits per heavy atom. The number of hydrogen-bond donors (Lipinski definition) is 2. The van der Waals surface area contributed by atoms with Gasteiger partial charge >= 0.3 is 11.7 Å². The van der Waals surface area contributed by atoms with Crippen LogP contribution < -0.4 is 16.6 Å². The molecular formula is C20H19N3O5. The molecule has 0 aliphatic heterocycles. The topological polar surface area (TPSA) is 110 Å². The fourth-order valence-corrected chi connectivity index (χ4v) is 3.12. The summed E-state index contributed by atoms with van der Waals surface area (Å²) in [5.41, 5.74) is -0.0431. The van der Waals surface area contributed by atoms with Crippen LogP contribution in [0.1, 0.15) is 11.6 Å². The third kappa shape index (κ3) is 3.71. The van der Waals surface area contributed by atoms with Gasteiger partial charge in [-0.05, 0) is 17.7 Å². The second kappa shape index (κ2) is 7.91. The monoisotopic (exact) mass is 381 g/mol. The lowest BCUT2D eigenvalue weighted by molar-refractivity contribution is -0.138. The van der Waals surface area contributed by atoms with Gasteiger partial charge in [-0.25, -0.2) is 9.36 Å². The first-order valence-electron chi connectivity index (χ1n) is 8.64. The fraction of sp³-hybridized carbons (Fsp3) is 0.200. The summed E-state index contributed by atoms with van der Waals surface area (Å²) >= 11 is 0. The third-order valence-corrected chi connectivity index (χ3v) is 4.51. The summed E-state index contributed by atoms with van der Waals surface area (Å²) in [5.74, 6) is -1.92. The maximum atomic E-state index is 13.0. The van der Waals surface area contributed by atoms with Crippen molar-refractivity contribution in [3.63, 3.8) is 0 Å². The maximum absolute atomic E-state index is 13.0. The summed E-state index contributed by atoms with van der Waals surface area (Å²) in [6.07, 6.45) is 0.0692. The van der Waals surface area contributed by atoms with E-state index in [1.54, 1.807) is 48.5 Å². The average Bonchev–Trinajstić information content (AvgIpc) is 2.70. The van der Waals surface area contributed by atoms with Crippen LogP contribution in [-0.2, 0) is 23.1 Å². The number of carbonyl (C=O) groups is 2. The Morgan fingerprint density at radius 3 is 2.36 bits per heavy atom. The Hall–Kier alpha value is -3.68. The zero-order chi connectivity index (χ0) is 20.3. The van der Waals surface area contributed by atoms with Gasteiger partial charge in [-0.3, -0.25) is 19.0 Å². The summed E-state index contributed by atoms with van der Waals surface area (Å²) in [5, 5.41) is 11.4. The van der Waals surface area contributed by atoms with Gasteiger partial charge in [-0.1, -0.05) is 42.5 Å². The van der Waals surface area contributed by atoms with E-state index in [1.807, 2.05) is 6.07 Å². The van der Waals surface area contributed by atoms with E-state index in [1.165, 1.54) is 11.6 Å². The number of fused-ring (bicyclic) bond motifs is 1. The molecule has 1 amide bonds. The molecule has 0 spiro atoms. The Kier molecular flexibility index (Phi) is 5.39. The molecule has 1 unspecified atom stereocenters. The van der Waals surface area contributed by atoms with Gasteiger partial charge in [-0.2, -0.15) is 0 Å². The van der Waals surface area contributed by atoms with Crippen LogP contribution in [-0.4, -0.2) is 32.7 Å². The molecule has 0 saturated heterocycles. The van der Waals surface area contributed by atoms with Crippen molar-refractivity contribution in [2.45, 2.75) is 12.5 Å². The first-order chi connectivity index (χ1) is 13.4. The SMILES string of the molecule is Cn1c(=O)n(C(Cc2ccccc2)C(=O)NCC(=O)O)c(=O)c2ccccc21. The number of aliphatic carboxylic acids is 1. The number of rotatable bonds is 6. The minimum absolute atomic E-state index is 0.0692. The van der Waals surface area contributed by atoms with Gasteiger partial charge in [0.2, 0.25) is 5.91 Å². The van der Waals surface area contributed by atoms with Crippen molar-refractivity contribution >= 4 is 22.8 Å². The lowest BCUT2D eigenvalue weighted by Crippen LogP contribution is -2.48. The molecular weight excluding hydrogens is 362 g/mol. The Balaban J connectivity index is 2.17. The Morgan fingerprint density at radius 2 is 1.68 bits per heavy atom. The van der Waals surface area contributed by atoms with Gasteiger partial charge < -0.3 is 10.4 Å². The molecule has 0 radical (unpaired) electrons. The summed E-state index contributed by atoms with van der Waals surface area (Å²) in [4.78, 5) is 49.5. The van der Waals surface area contributed by atoms with Crippen LogP contribution >= 0.6 is 0 Å². The van der Waals surface area contributed by atoms with E-state index in [-0.39, 0.29) is 6.42 Å². The number of aromatic nitrogens is 2. The zero-order valence-corrected chi connectivity index (χ0v) is 15.2. The summed E-state index contributed by atoms with van der Waals surface area (Å²) in [7, 11) is 1.52. The van der Waals surface area contributed by atoms with Crippen molar-refractivity contribution < 1.29 is 14.7 Å². The molecule has 144 valence electrons. The molecule has 3 rings (SSSR count). The van der Waals surface area contributed by atoms with Crippen molar-refractivity contribution in [3.8, 4) is 0 Å². The van der Waals surface area contributed by atoms with E-state index < -0.39 is 35.7 Å². The second-order valence-corrected chi connectivity index (χ2v) is 6.35. The number of nitrogens with one attached hydrogen (secondary N) is 1. The van der Waals surface area contributed by atoms with Crippen LogP contribution in [0.2, 0.25) is 0 Å². The quantitative estimate of drug-likeness (QED) is 0.653. The minimum Gasteiger partial charge on any atom is -0.480 e. The standard InChI is InChI=1S/C20H19N3O5/c1-22-15-10-6-5-9-14(15)19(27)23(20(22)28)16(18(26)21-12-17(24)25)11-13-7-3-2-4-8-13/h2-10,16H,11-12H2,1H3,(H,21,26)(H,24,25). The van der Waals surface area contributed by atoms with Crippen LogP contribution in [0.5, 0.6) is 0 Å². The van der Waals surface area contributed by atoms with Crippen LogP contribution in [0.25, 0.3) is 10.9 Å². The van der Waals surface area contributed by atoms with E-state index in [2.05, 4.69) is 5.32 Å². The predicted molar refractivity (Wildman–Crippen MR) is 103 cm³/mol. The van der Waals surface area contributed by atoms with E-state index in [9.17, 15) is 19.2 Å². The van der Waals surface area contributed by atoms with E-state index in [4.69, 9.17) is 5.11 Å². The minimum atomic E-state index is -1.22. The Bertz CT molecular complexity index is 1150. The van der Waals surface area contributed by atoms with Gasteiger partial charge in [0.15, 0.2) is 0 Å². The van der Waals surface area contributed by atoms with Crippen LogP contribution in [0.15, 0.2) is 64.2 Å². The summed E-state index contributed by atoms with van der Waals surface area (Å²) < 4.78 is 2.20. The van der Waals surface area contributed by atoms with Crippen LogP contribution in [0, 0.1) is 0 Å². The van der Waals surface area contributed by atoms with E-state index in [0.29, 0.717) is 10.9 Å². The number of carbonyl (C=O) groups excluding carboxylic acids is 1. The number of hydrogen-bond acceptors (Lipinski definition) is 4. The molecule has 1 atom stereocenters. The van der Waals surface area contributed by atoms with Crippen LogP contribution in [0.3, 0.4) is 0 Å². The molecule has 0 bridgehead atoms. The van der Waals surface area contributed by atoms with Gasteiger partial charge in [0.1, 0.15) is 12.6 Å². The highest BCUT2D eigenvalue weighted by Gasteiger charge is 2.26. The second-order valence-electron chi connectivity index (χ2n) is 6.35. The molecule has 1 aromatic heterocycles. The number of carboxylic acid groups (broad SMARTS) is 1. The molecule has 8 nitrogen and oxygen atoms in total. The predicted octanol–water partition coefficient (Wildman–Crippen LogP) is 0.685. The van der Waals surface area contributed by atoms with Crippen molar-refractivity contribution in [1.82, 2.24) is 14.5 Å². The van der Waals surface area contributed by atoms with Crippen molar-refractivity contribution in [2.75, 3.05) is 6.54 Å². The highest BCUT2D eigenvalue weighted by atomic mass is 16.4. The maximum Gasteiger partial charge on any atom is 0.331 e. The smallest absolute Gasteiger partial charge is 0.331 e. The van der Waals surface area contributed by atoms with Gasteiger partial charge in [-0.15, -0.1) is 0 Å². The van der Waals surface area contributed by atoms with Gasteiger partial charge in [0.05, 0.1) is 10.9 Å². The molecule has 0 saturated carbocycles. The first-order valence-corrected chi connectivity index (χ1v) is 8.64. The van der Waals surface area contributed by atoms with E-state index >= 15 is 0 Å². The summed E-state index contributed by atoms with van der Waals surface area (Å²) in [6, 6.07) is 14.4. The highest BCUT2D eigenvalue weighted by Crippen LogP contribution is 2.14. The number of amides is 1. The fourth-order valence-electron chi connectivity index (χ4n) is 3.12. The van der Waals surface area contributed by atoms with Crippen molar-refractivity contribution in [3.05, 3.63) is 81.0 Å². The number of benzene rings is 2. The third-order valence-electron chi connectivity index (χ3n) is 4.51. The molecule has 0 aliphatic carbocycles. The Labute approximate surface area is 159 Å². The van der Waals surface area contributed by atoms with Crippen LogP contribution in [0.4, 0.5) is 0 Å². The van der Waals surface area contributed by atoms with Gasteiger partial charge in [0, 0.05) is 13.5 Å². The average molecular weight is 381 g/mol. The molecule has 0 fully saturated rings.